The molecule has 4 aromatic carbocycles. The van der Waals surface area contributed by atoms with Crippen molar-refractivity contribution in [2.24, 2.45) is 0 Å². The topological polar surface area (TPSA) is 20.2 Å². The summed E-state index contributed by atoms with van der Waals surface area (Å²) in [5.41, 5.74) is 4.06. The summed E-state index contributed by atoms with van der Waals surface area (Å²) >= 11 is 0. The zero-order chi connectivity index (χ0) is 15.6. The van der Waals surface area contributed by atoms with Crippen LogP contribution in [0.5, 0.6) is 5.75 Å². The van der Waals surface area contributed by atoms with Gasteiger partial charge < -0.3 is 5.11 Å². The average Bonchev–Trinajstić information content (AvgIpc) is 2.63. The van der Waals surface area contributed by atoms with Gasteiger partial charge in [-0.25, -0.2) is 0 Å². The Bertz CT molecular complexity index is 957. The Morgan fingerprint density at radius 1 is 0.565 bits per heavy atom. The highest BCUT2D eigenvalue weighted by atomic mass is 16.3. The third kappa shape index (κ3) is 2.36. The molecular formula is C22H16O. The van der Waals surface area contributed by atoms with Gasteiger partial charge in [0, 0.05) is 10.9 Å². The van der Waals surface area contributed by atoms with Crippen molar-refractivity contribution in [3.63, 3.8) is 0 Å². The molecule has 0 saturated carbocycles. The van der Waals surface area contributed by atoms with Crippen LogP contribution in [-0.2, 0) is 0 Å². The normalized spacial score (nSPS) is 10.8. The number of phenolic OH excluding ortho intramolecular Hbond substituents is 1. The Hall–Kier alpha value is -3.06. The van der Waals surface area contributed by atoms with E-state index in [2.05, 4.69) is 18.2 Å². The van der Waals surface area contributed by atoms with Crippen LogP contribution in [0.4, 0.5) is 0 Å². The van der Waals surface area contributed by atoms with Crippen molar-refractivity contribution in [3.8, 4) is 28.0 Å². The minimum absolute atomic E-state index is 0.341. The molecular weight excluding hydrogens is 280 g/mol. The fourth-order valence-corrected chi connectivity index (χ4v) is 3.07. The second-order valence-corrected chi connectivity index (χ2v) is 5.60. The summed E-state index contributed by atoms with van der Waals surface area (Å²) in [6, 6.07) is 30.4. The standard InChI is InChI=1S/C22H16O/c23-22-19-14-8-7-13-18(19)15-20(16-9-3-1-4-10-16)21(22)17-11-5-2-6-12-17/h1-15,23H. The van der Waals surface area contributed by atoms with Gasteiger partial charge in [0.15, 0.2) is 0 Å². The third-order valence-electron chi connectivity index (χ3n) is 4.17. The van der Waals surface area contributed by atoms with Crippen molar-refractivity contribution in [2.75, 3.05) is 0 Å². The first-order valence-electron chi connectivity index (χ1n) is 7.70. The number of rotatable bonds is 2. The Balaban J connectivity index is 2.11. The van der Waals surface area contributed by atoms with Crippen molar-refractivity contribution in [3.05, 3.63) is 91.0 Å². The van der Waals surface area contributed by atoms with Gasteiger partial charge in [-0.05, 0) is 28.1 Å². The summed E-state index contributed by atoms with van der Waals surface area (Å²) in [7, 11) is 0. The smallest absolute Gasteiger partial charge is 0.131 e. The molecule has 0 aliphatic carbocycles. The molecule has 110 valence electrons. The van der Waals surface area contributed by atoms with E-state index in [0.29, 0.717) is 5.75 Å². The Labute approximate surface area is 135 Å². The van der Waals surface area contributed by atoms with E-state index in [0.717, 1.165) is 33.0 Å². The maximum Gasteiger partial charge on any atom is 0.131 e. The van der Waals surface area contributed by atoms with Gasteiger partial charge in [0.05, 0.1) is 0 Å². The molecule has 0 amide bonds. The first kappa shape index (κ1) is 13.6. The molecule has 0 aliphatic heterocycles. The van der Waals surface area contributed by atoms with Crippen molar-refractivity contribution < 1.29 is 5.11 Å². The van der Waals surface area contributed by atoms with Crippen LogP contribution < -0.4 is 0 Å². The lowest BCUT2D eigenvalue weighted by Crippen LogP contribution is -1.88. The molecule has 0 radical (unpaired) electrons. The lowest BCUT2D eigenvalue weighted by Gasteiger charge is -2.15. The molecule has 0 unspecified atom stereocenters. The molecule has 4 rings (SSSR count). The maximum absolute atomic E-state index is 10.9. The zero-order valence-corrected chi connectivity index (χ0v) is 12.6. The SMILES string of the molecule is Oc1c(-c2ccccc2)c(-c2ccccc2)cc2ccccc12. The minimum atomic E-state index is 0.341. The van der Waals surface area contributed by atoms with Gasteiger partial charge in [0.25, 0.3) is 0 Å². The summed E-state index contributed by atoms with van der Waals surface area (Å²) in [6.07, 6.45) is 0. The van der Waals surface area contributed by atoms with Crippen LogP contribution in [0.2, 0.25) is 0 Å². The van der Waals surface area contributed by atoms with Crippen molar-refractivity contribution in [1.82, 2.24) is 0 Å². The van der Waals surface area contributed by atoms with E-state index >= 15 is 0 Å². The predicted molar refractivity (Wildman–Crippen MR) is 96.5 cm³/mol. The van der Waals surface area contributed by atoms with Gasteiger partial charge in [-0.1, -0.05) is 84.9 Å². The number of fused-ring (bicyclic) bond motifs is 1. The molecule has 0 aromatic heterocycles. The second kappa shape index (κ2) is 5.62. The Kier molecular flexibility index (Phi) is 3.32. The molecule has 0 bridgehead atoms. The Morgan fingerprint density at radius 2 is 1.13 bits per heavy atom. The van der Waals surface area contributed by atoms with Crippen LogP contribution >= 0.6 is 0 Å². The molecule has 1 nitrogen and oxygen atoms in total. The average molecular weight is 296 g/mol. The minimum Gasteiger partial charge on any atom is -0.507 e. The van der Waals surface area contributed by atoms with E-state index in [4.69, 9.17) is 0 Å². The molecule has 0 spiro atoms. The summed E-state index contributed by atoms with van der Waals surface area (Å²) in [4.78, 5) is 0. The van der Waals surface area contributed by atoms with Crippen LogP contribution in [0.3, 0.4) is 0 Å². The van der Waals surface area contributed by atoms with Gasteiger partial charge >= 0.3 is 0 Å². The fraction of sp³-hybridized carbons (Fsp3) is 0. The molecule has 1 heteroatoms. The highest BCUT2D eigenvalue weighted by Crippen LogP contribution is 2.43. The van der Waals surface area contributed by atoms with E-state index in [9.17, 15) is 5.11 Å². The van der Waals surface area contributed by atoms with Gasteiger partial charge in [-0.3, -0.25) is 0 Å². The lowest BCUT2D eigenvalue weighted by atomic mass is 9.90. The molecule has 1 N–H and O–H groups in total. The molecule has 23 heavy (non-hydrogen) atoms. The number of hydrogen-bond donors (Lipinski definition) is 1. The predicted octanol–water partition coefficient (Wildman–Crippen LogP) is 5.88. The summed E-state index contributed by atoms with van der Waals surface area (Å²) in [6.45, 7) is 0. The summed E-state index contributed by atoms with van der Waals surface area (Å²) < 4.78 is 0. The zero-order valence-electron chi connectivity index (χ0n) is 12.6. The highest BCUT2D eigenvalue weighted by Gasteiger charge is 2.15. The quantitative estimate of drug-likeness (QED) is 0.490. The van der Waals surface area contributed by atoms with Gasteiger partial charge in [0.1, 0.15) is 5.75 Å². The van der Waals surface area contributed by atoms with Crippen LogP contribution in [0, 0.1) is 0 Å². The van der Waals surface area contributed by atoms with Gasteiger partial charge in [-0.2, -0.15) is 0 Å². The van der Waals surface area contributed by atoms with Crippen LogP contribution in [0.25, 0.3) is 33.0 Å². The molecule has 4 aromatic rings. The van der Waals surface area contributed by atoms with E-state index in [1.807, 2.05) is 72.8 Å². The van der Waals surface area contributed by atoms with Gasteiger partial charge in [0.2, 0.25) is 0 Å². The van der Waals surface area contributed by atoms with Crippen molar-refractivity contribution in [1.29, 1.82) is 0 Å². The first-order valence-corrected chi connectivity index (χ1v) is 7.70. The van der Waals surface area contributed by atoms with Gasteiger partial charge in [-0.15, -0.1) is 0 Å². The fourth-order valence-electron chi connectivity index (χ4n) is 3.07. The second-order valence-electron chi connectivity index (χ2n) is 5.60. The van der Waals surface area contributed by atoms with E-state index in [1.54, 1.807) is 0 Å². The molecule has 0 atom stereocenters. The number of hydrogen-bond acceptors (Lipinski definition) is 1. The first-order chi connectivity index (χ1) is 11.3. The van der Waals surface area contributed by atoms with Crippen LogP contribution in [-0.4, -0.2) is 5.11 Å². The van der Waals surface area contributed by atoms with Crippen molar-refractivity contribution in [2.45, 2.75) is 0 Å². The van der Waals surface area contributed by atoms with Crippen molar-refractivity contribution >= 4 is 10.8 Å². The van der Waals surface area contributed by atoms with E-state index in [1.165, 1.54) is 0 Å². The molecule has 0 heterocycles. The van der Waals surface area contributed by atoms with E-state index < -0.39 is 0 Å². The molecule has 0 aliphatic rings. The molecule has 0 saturated heterocycles. The number of aromatic hydroxyl groups is 1. The third-order valence-corrected chi connectivity index (χ3v) is 4.17. The van der Waals surface area contributed by atoms with Crippen LogP contribution in [0.15, 0.2) is 91.0 Å². The lowest BCUT2D eigenvalue weighted by molar-refractivity contribution is 0.484. The summed E-state index contributed by atoms with van der Waals surface area (Å²) in [5.74, 6) is 0.341. The Morgan fingerprint density at radius 3 is 1.83 bits per heavy atom. The molecule has 0 fully saturated rings. The largest absolute Gasteiger partial charge is 0.507 e. The highest BCUT2D eigenvalue weighted by molar-refractivity contribution is 6.02. The van der Waals surface area contributed by atoms with E-state index in [-0.39, 0.29) is 0 Å². The number of phenols is 1. The monoisotopic (exact) mass is 296 g/mol. The number of benzene rings is 4. The van der Waals surface area contributed by atoms with Crippen LogP contribution in [0.1, 0.15) is 0 Å². The summed E-state index contributed by atoms with van der Waals surface area (Å²) in [5, 5.41) is 12.9. The maximum atomic E-state index is 10.9.